The first-order chi connectivity index (χ1) is 14.7. The van der Waals surface area contributed by atoms with Crippen molar-refractivity contribution < 1.29 is 9.84 Å². The van der Waals surface area contributed by atoms with Crippen LogP contribution >= 0.6 is 11.3 Å². The summed E-state index contributed by atoms with van der Waals surface area (Å²) >= 11 is 1.60. The predicted octanol–water partition coefficient (Wildman–Crippen LogP) is 5.00. The highest BCUT2D eigenvalue weighted by Gasteiger charge is 2.22. The van der Waals surface area contributed by atoms with Gasteiger partial charge in [-0.3, -0.25) is 4.98 Å². The fraction of sp³-hybridized carbons (Fsp3) is 0.261. The number of hydrogen-bond donors (Lipinski definition) is 2. The van der Waals surface area contributed by atoms with Gasteiger partial charge in [0.15, 0.2) is 0 Å². The molecule has 0 aliphatic heterocycles. The van der Waals surface area contributed by atoms with Crippen molar-refractivity contribution in [2.45, 2.75) is 37.9 Å². The number of ether oxygens (including phenoxy) is 1. The average Bonchev–Trinajstić information content (AvgIpc) is 3.20. The van der Waals surface area contributed by atoms with E-state index in [0.717, 1.165) is 69.5 Å². The van der Waals surface area contributed by atoms with Crippen LogP contribution in [0.25, 0.3) is 26.8 Å². The number of benzene rings is 1. The van der Waals surface area contributed by atoms with Gasteiger partial charge in [-0.1, -0.05) is 12.6 Å². The molecular formula is C23H22N4O2S. The predicted molar refractivity (Wildman–Crippen MR) is 121 cm³/mol. The molecule has 0 atom stereocenters. The highest BCUT2D eigenvalue weighted by atomic mass is 32.1. The number of nitrogens with zero attached hydrogens (tertiary/aromatic N) is 3. The molecule has 0 saturated heterocycles. The van der Waals surface area contributed by atoms with Crippen LogP contribution in [-0.2, 0) is 0 Å². The van der Waals surface area contributed by atoms with Crippen LogP contribution in [0.5, 0.6) is 5.75 Å². The number of hydrogen-bond acceptors (Lipinski definition) is 7. The van der Waals surface area contributed by atoms with Crippen LogP contribution in [0.4, 0.5) is 5.69 Å². The lowest BCUT2D eigenvalue weighted by Gasteiger charge is -2.27. The molecule has 0 bridgehead atoms. The number of aliphatic hydroxyl groups is 1. The van der Waals surface area contributed by atoms with Gasteiger partial charge in [0.2, 0.25) is 0 Å². The van der Waals surface area contributed by atoms with Gasteiger partial charge in [0.25, 0.3) is 0 Å². The number of anilines is 1. The molecule has 1 fully saturated rings. The normalized spacial score (nSPS) is 19.1. The van der Waals surface area contributed by atoms with Gasteiger partial charge in [0.05, 0.1) is 33.6 Å². The van der Waals surface area contributed by atoms with Crippen molar-refractivity contribution in [2.24, 2.45) is 0 Å². The van der Waals surface area contributed by atoms with Gasteiger partial charge in [-0.2, -0.15) is 0 Å². The molecular weight excluding hydrogens is 396 g/mol. The molecule has 0 radical (unpaired) electrons. The third-order valence-electron chi connectivity index (χ3n) is 5.49. The molecule has 1 saturated carbocycles. The molecule has 7 heteroatoms. The SMILES string of the molecule is C=C(Nc1cc2cccnc2cc1OC1CCC(O)CC1)c1csc2cncnc12. The molecule has 30 heavy (non-hydrogen) atoms. The quantitative estimate of drug-likeness (QED) is 0.474. The van der Waals surface area contributed by atoms with Crippen molar-refractivity contribution in [1.82, 2.24) is 15.0 Å². The van der Waals surface area contributed by atoms with E-state index in [4.69, 9.17) is 4.74 Å². The van der Waals surface area contributed by atoms with Gasteiger partial charge >= 0.3 is 0 Å². The lowest BCUT2D eigenvalue weighted by atomic mass is 9.95. The van der Waals surface area contributed by atoms with Crippen molar-refractivity contribution in [3.8, 4) is 5.75 Å². The maximum atomic E-state index is 9.80. The first-order valence-corrected chi connectivity index (χ1v) is 10.9. The Morgan fingerprint density at radius 2 is 2.07 bits per heavy atom. The Kier molecular flexibility index (Phi) is 5.06. The van der Waals surface area contributed by atoms with E-state index in [1.165, 1.54) is 0 Å². The summed E-state index contributed by atoms with van der Waals surface area (Å²) in [6.07, 6.45) is 8.25. The molecule has 5 rings (SSSR count). The molecule has 2 N–H and O–H groups in total. The number of fused-ring (bicyclic) bond motifs is 2. The summed E-state index contributed by atoms with van der Waals surface area (Å²) in [6.45, 7) is 4.25. The first-order valence-electron chi connectivity index (χ1n) is 10.0. The summed E-state index contributed by atoms with van der Waals surface area (Å²) in [5.41, 5.74) is 4.33. The van der Waals surface area contributed by atoms with E-state index in [1.807, 2.05) is 35.8 Å². The van der Waals surface area contributed by atoms with E-state index in [-0.39, 0.29) is 12.2 Å². The smallest absolute Gasteiger partial charge is 0.145 e. The van der Waals surface area contributed by atoms with Crippen molar-refractivity contribution in [2.75, 3.05) is 5.32 Å². The maximum Gasteiger partial charge on any atom is 0.145 e. The lowest BCUT2D eigenvalue weighted by Crippen LogP contribution is -2.26. The van der Waals surface area contributed by atoms with E-state index in [2.05, 4.69) is 26.8 Å². The van der Waals surface area contributed by atoms with E-state index >= 15 is 0 Å². The van der Waals surface area contributed by atoms with Gasteiger partial charge in [0.1, 0.15) is 12.1 Å². The van der Waals surface area contributed by atoms with Crippen molar-refractivity contribution in [3.63, 3.8) is 0 Å². The molecule has 1 aromatic carbocycles. The summed E-state index contributed by atoms with van der Waals surface area (Å²) in [6, 6.07) is 7.98. The number of aromatic nitrogens is 3. The number of nitrogens with one attached hydrogen (secondary N) is 1. The van der Waals surface area contributed by atoms with E-state index in [0.29, 0.717) is 0 Å². The summed E-state index contributed by atoms with van der Waals surface area (Å²) in [5, 5.41) is 16.3. The Hall–Kier alpha value is -3.03. The summed E-state index contributed by atoms with van der Waals surface area (Å²) in [7, 11) is 0. The average molecular weight is 419 g/mol. The Morgan fingerprint density at radius 3 is 2.93 bits per heavy atom. The lowest BCUT2D eigenvalue weighted by molar-refractivity contribution is 0.0670. The number of pyridine rings is 1. The zero-order valence-electron chi connectivity index (χ0n) is 16.4. The first kappa shape index (κ1) is 19.0. The monoisotopic (exact) mass is 418 g/mol. The number of aliphatic hydroxyl groups excluding tert-OH is 1. The minimum Gasteiger partial charge on any atom is -0.488 e. The molecule has 3 aromatic heterocycles. The van der Waals surface area contributed by atoms with Crippen LogP contribution in [0.3, 0.4) is 0 Å². The standard InChI is InChI=1S/C23H22N4O2S/c1-14(18-12-30-22-11-24-13-26-23(18)22)27-20-9-15-3-2-8-25-19(15)10-21(20)29-17-6-4-16(28)5-7-17/h2-3,8-13,16-17,27-28H,1,4-7H2. The Bertz CT molecular complexity index is 1210. The second-order valence-corrected chi connectivity index (χ2v) is 8.49. The van der Waals surface area contributed by atoms with Crippen LogP contribution in [-0.4, -0.2) is 32.3 Å². The number of rotatable bonds is 5. The van der Waals surface area contributed by atoms with Gasteiger partial charge in [-0.15, -0.1) is 11.3 Å². The topological polar surface area (TPSA) is 80.2 Å². The second kappa shape index (κ2) is 8.01. The third-order valence-corrected chi connectivity index (χ3v) is 6.40. The maximum absolute atomic E-state index is 9.80. The third kappa shape index (κ3) is 3.74. The minimum absolute atomic E-state index is 0.0816. The minimum atomic E-state index is -0.214. The molecule has 1 aliphatic carbocycles. The fourth-order valence-electron chi connectivity index (χ4n) is 3.87. The largest absolute Gasteiger partial charge is 0.488 e. The van der Waals surface area contributed by atoms with Crippen LogP contribution in [0.15, 0.2) is 54.9 Å². The molecule has 4 aromatic rings. The zero-order chi connectivity index (χ0) is 20.5. The van der Waals surface area contributed by atoms with Crippen LogP contribution in [0, 0.1) is 0 Å². The summed E-state index contributed by atoms with van der Waals surface area (Å²) in [5.74, 6) is 0.748. The van der Waals surface area contributed by atoms with Crippen molar-refractivity contribution in [3.05, 3.63) is 60.5 Å². The molecule has 1 aliphatic rings. The molecule has 0 spiro atoms. The van der Waals surface area contributed by atoms with Crippen LogP contribution in [0.1, 0.15) is 31.2 Å². The molecule has 0 amide bonds. The zero-order valence-corrected chi connectivity index (χ0v) is 17.2. The van der Waals surface area contributed by atoms with Gasteiger partial charge in [-0.25, -0.2) is 9.97 Å². The Balaban J connectivity index is 1.48. The highest BCUT2D eigenvalue weighted by Crippen LogP contribution is 2.36. The molecule has 6 nitrogen and oxygen atoms in total. The summed E-state index contributed by atoms with van der Waals surface area (Å²) < 4.78 is 7.39. The summed E-state index contributed by atoms with van der Waals surface area (Å²) in [4.78, 5) is 13.0. The van der Waals surface area contributed by atoms with Gasteiger partial charge in [-0.05, 0) is 37.8 Å². The molecule has 3 heterocycles. The van der Waals surface area contributed by atoms with E-state index in [1.54, 1.807) is 23.9 Å². The van der Waals surface area contributed by atoms with Crippen molar-refractivity contribution in [1.29, 1.82) is 0 Å². The van der Waals surface area contributed by atoms with Gasteiger partial charge in [0, 0.05) is 40.5 Å². The highest BCUT2D eigenvalue weighted by molar-refractivity contribution is 7.17. The van der Waals surface area contributed by atoms with E-state index in [9.17, 15) is 5.11 Å². The Morgan fingerprint density at radius 1 is 1.20 bits per heavy atom. The second-order valence-electron chi connectivity index (χ2n) is 7.58. The molecule has 152 valence electrons. The van der Waals surface area contributed by atoms with Crippen molar-refractivity contribution >= 4 is 43.8 Å². The number of thiophene rings is 1. The van der Waals surface area contributed by atoms with Crippen LogP contribution < -0.4 is 10.1 Å². The fourth-order valence-corrected chi connectivity index (χ4v) is 4.76. The van der Waals surface area contributed by atoms with Crippen LogP contribution in [0.2, 0.25) is 0 Å². The molecule has 0 unspecified atom stereocenters. The van der Waals surface area contributed by atoms with E-state index < -0.39 is 0 Å². The van der Waals surface area contributed by atoms with Gasteiger partial charge < -0.3 is 15.2 Å². The Labute approximate surface area is 178 Å².